The number of hydrogen-bond donors (Lipinski definition) is 0. The van der Waals surface area contributed by atoms with Crippen molar-refractivity contribution in [1.82, 2.24) is 4.98 Å². The van der Waals surface area contributed by atoms with Crippen LogP contribution in [0.2, 0.25) is 0 Å². The van der Waals surface area contributed by atoms with Gasteiger partial charge in [0.25, 0.3) is 0 Å². The molecule has 18 heavy (non-hydrogen) atoms. The third-order valence-corrected chi connectivity index (χ3v) is 3.10. The number of carbonyl (C=O) groups excluding carboxylic acids is 1. The van der Waals surface area contributed by atoms with Crippen LogP contribution in [0.3, 0.4) is 0 Å². The van der Waals surface area contributed by atoms with Crippen LogP contribution in [0.15, 0.2) is 47.2 Å². The van der Waals surface area contributed by atoms with Crippen LogP contribution in [0, 0.1) is 0 Å². The Morgan fingerprint density at radius 3 is 2.83 bits per heavy atom. The van der Waals surface area contributed by atoms with Gasteiger partial charge in [-0.05, 0) is 25.1 Å². The average Bonchev–Trinajstić information content (AvgIpc) is 2.39. The zero-order valence-electron chi connectivity index (χ0n) is 9.89. The number of carbonyl (C=O) groups is 1. The normalized spacial score (nSPS) is 10.1. The van der Waals surface area contributed by atoms with E-state index in [1.54, 1.807) is 24.5 Å². The molecule has 0 bridgehead atoms. The van der Waals surface area contributed by atoms with Crippen LogP contribution >= 0.6 is 15.9 Å². The Hall–Kier alpha value is -1.68. The molecule has 0 fully saturated rings. The van der Waals surface area contributed by atoms with Crippen molar-refractivity contribution in [3.05, 3.63) is 58.3 Å². The third-order valence-electron chi connectivity index (χ3n) is 2.40. The van der Waals surface area contributed by atoms with E-state index in [0.717, 1.165) is 4.47 Å². The molecule has 4 heteroatoms. The van der Waals surface area contributed by atoms with Crippen LogP contribution in [-0.4, -0.2) is 17.4 Å². The second-order valence-corrected chi connectivity index (χ2v) is 4.51. The number of benzene rings is 1. The SMILES string of the molecule is CCOc1cncc(C(=O)c2ccccc2Br)c1. The number of ketones is 1. The van der Waals surface area contributed by atoms with Crippen LogP contribution in [0.1, 0.15) is 22.8 Å². The zero-order valence-corrected chi connectivity index (χ0v) is 11.5. The highest BCUT2D eigenvalue weighted by molar-refractivity contribution is 9.10. The van der Waals surface area contributed by atoms with E-state index < -0.39 is 0 Å². The molecule has 0 aliphatic heterocycles. The minimum Gasteiger partial charge on any atom is -0.492 e. The summed E-state index contributed by atoms with van der Waals surface area (Å²) in [6, 6.07) is 9.03. The summed E-state index contributed by atoms with van der Waals surface area (Å²) in [6.07, 6.45) is 3.14. The van der Waals surface area contributed by atoms with E-state index in [4.69, 9.17) is 4.74 Å². The Labute approximate surface area is 114 Å². The van der Waals surface area contributed by atoms with Gasteiger partial charge in [-0.15, -0.1) is 0 Å². The number of hydrogen-bond acceptors (Lipinski definition) is 3. The molecule has 0 aliphatic carbocycles. The monoisotopic (exact) mass is 305 g/mol. The van der Waals surface area contributed by atoms with Gasteiger partial charge in [-0.1, -0.05) is 28.1 Å². The molecule has 1 aromatic heterocycles. The van der Waals surface area contributed by atoms with E-state index in [1.165, 1.54) is 0 Å². The first kappa shape index (κ1) is 12.8. The molecule has 0 amide bonds. The fourth-order valence-corrected chi connectivity index (χ4v) is 2.05. The number of nitrogens with zero attached hydrogens (tertiary/aromatic N) is 1. The average molecular weight is 306 g/mol. The molecule has 3 nitrogen and oxygen atoms in total. The van der Waals surface area contributed by atoms with Crippen LogP contribution in [0.4, 0.5) is 0 Å². The fourth-order valence-electron chi connectivity index (χ4n) is 1.59. The minimum absolute atomic E-state index is 0.0727. The maximum Gasteiger partial charge on any atom is 0.195 e. The highest BCUT2D eigenvalue weighted by atomic mass is 79.9. The van der Waals surface area contributed by atoms with E-state index in [1.807, 2.05) is 25.1 Å². The van der Waals surface area contributed by atoms with Crippen molar-refractivity contribution in [1.29, 1.82) is 0 Å². The van der Waals surface area contributed by atoms with Gasteiger partial charge in [0.1, 0.15) is 5.75 Å². The highest BCUT2D eigenvalue weighted by Crippen LogP contribution is 2.21. The molecule has 1 aromatic carbocycles. The standard InChI is InChI=1S/C14H12BrNO2/c1-2-18-11-7-10(8-16-9-11)14(17)12-5-3-4-6-13(12)15/h3-9H,2H2,1H3. The van der Waals surface area contributed by atoms with E-state index >= 15 is 0 Å². The van der Waals surface area contributed by atoms with Crippen LogP contribution < -0.4 is 4.74 Å². The van der Waals surface area contributed by atoms with E-state index in [-0.39, 0.29) is 5.78 Å². The maximum absolute atomic E-state index is 12.3. The Kier molecular flexibility index (Phi) is 4.10. The summed E-state index contributed by atoms with van der Waals surface area (Å²) in [5.74, 6) is 0.534. The molecule has 1 heterocycles. The zero-order chi connectivity index (χ0) is 13.0. The van der Waals surface area contributed by atoms with Crippen LogP contribution in [0.25, 0.3) is 0 Å². The second kappa shape index (κ2) is 5.78. The maximum atomic E-state index is 12.3. The van der Waals surface area contributed by atoms with E-state index in [0.29, 0.717) is 23.5 Å². The van der Waals surface area contributed by atoms with Crippen molar-refractivity contribution >= 4 is 21.7 Å². The summed E-state index contributed by atoms with van der Waals surface area (Å²) in [5.41, 5.74) is 1.14. The molecule has 0 unspecified atom stereocenters. The third kappa shape index (κ3) is 2.76. The largest absolute Gasteiger partial charge is 0.492 e. The number of rotatable bonds is 4. The summed E-state index contributed by atoms with van der Waals surface area (Å²) in [7, 11) is 0. The molecule has 0 saturated carbocycles. The first-order valence-electron chi connectivity index (χ1n) is 5.59. The smallest absolute Gasteiger partial charge is 0.195 e. The van der Waals surface area contributed by atoms with Gasteiger partial charge in [0.15, 0.2) is 5.78 Å². The number of halogens is 1. The predicted octanol–water partition coefficient (Wildman–Crippen LogP) is 3.47. The summed E-state index contributed by atoms with van der Waals surface area (Å²) in [4.78, 5) is 16.3. The second-order valence-electron chi connectivity index (χ2n) is 3.65. The van der Waals surface area contributed by atoms with Gasteiger partial charge in [-0.3, -0.25) is 9.78 Å². The van der Waals surface area contributed by atoms with Crippen molar-refractivity contribution in [3.63, 3.8) is 0 Å². The van der Waals surface area contributed by atoms with Crippen molar-refractivity contribution in [2.45, 2.75) is 6.92 Å². The molecule has 92 valence electrons. The van der Waals surface area contributed by atoms with Gasteiger partial charge in [-0.25, -0.2) is 0 Å². The molecule has 0 atom stereocenters. The molecule has 0 aliphatic rings. The van der Waals surface area contributed by atoms with Gasteiger partial charge in [0.2, 0.25) is 0 Å². The molecule has 2 rings (SSSR count). The van der Waals surface area contributed by atoms with Crippen molar-refractivity contribution in [3.8, 4) is 5.75 Å². The van der Waals surface area contributed by atoms with Crippen LogP contribution in [-0.2, 0) is 0 Å². The number of pyridine rings is 1. The first-order chi connectivity index (χ1) is 8.72. The summed E-state index contributed by atoms with van der Waals surface area (Å²) < 4.78 is 6.11. The Morgan fingerprint density at radius 2 is 2.11 bits per heavy atom. The quantitative estimate of drug-likeness (QED) is 0.812. The lowest BCUT2D eigenvalue weighted by Crippen LogP contribution is -2.03. The predicted molar refractivity (Wildman–Crippen MR) is 73.0 cm³/mol. The Bertz CT molecular complexity index is 569. The van der Waals surface area contributed by atoms with Gasteiger partial charge in [-0.2, -0.15) is 0 Å². The van der Waals surface area contributed by atoms with Crippen LogP contribution in [0.5, 0.6) is 5.75 Å². The molecular weight excluding hydrogens is 294 g/mol. The van der Waals surface area contributed by atoms with Crippen molar-refractivity contribution < 1.29 is 9.53 Å². The number of aromatic nitrogens is 1. The lowest BCUT2D eigenvalue weighted by molar-refractivity contribution is 0.103. The Morgan fingerprint density at radius 1 is 1.33 bits per heavy atom. The molecule has 0 spiro atoms. The molecule has 2 aromatic rings. The minimum atomic E-state index is -0.0727. The summed E-state index contributed by atoms with van der Waals surface area (Å²) in [6.45, 7) is 2.44. The summed E-state index contributed by atoms with van der Waals surface area (Å²) >= 11 is 3.37. The van der Waals surface area contributed by atoms with Gasteiger partial charge in [0, 0.05) is 21.8 Å². The number of ether oxygens (including phenoxy) is 1. The van der Waals surface area contributed by atoms with Gasteiger partial charge in [0.05, 0.1) is 12.8 Å². The van der Waals surface area contributed by atoms with Gasteiger partial charge >= 0.3 is 0 Å². The molecule has 0 N–H and O–H groups in total. The van der Waals surface area contributed by atoms with Gasteiger partial charge < -0.3 is 4.74 Å². The highest BCUT2D eigenvalue weighted by Gasteiger charge is 2.13. The molecule has 0 radical (unpaired) electrons. The molecular formula is C14H12BrNO2. The Balaban J connectivity index is 2.34. The molecule has 0 saturated heterocycles. The fraction of sp³-hybridized carbons (Fsp3) is 0.143. The van der Waals surface area contributed by atoms with E-state index in [2.05, 4.69) is 20.9 Å². The topological polar surface area (TPSA) is 39.2 Å². The first-order valence-corrected chi connectivity index (χ1v) is 6.38. The summed E-state index contributed by atoms with van der Waals surface area (Å²) in [5, 5.41) is 0. The van der Waals surface area contributed by atoms with E-state index in [9.17, 15) is 4.79 Å². The van der Waals surface area contributed by atoms with Crippen molar-refractivity contribution in [2.75, 3.05) is 6.61 Å². The lowest BCUT2D eigenvalue weighted by Gasteiger charge is -2.06. The van der Waals surface area contributed by atoms with Crippen molar-refractivity contribution in [2.24, 2.45) is 0 Å². The lowest BCUT2D eigenvalue weighted by atomic mass is 10.1.